The highest BCUT2D eigenvalue weighted by Crippen LogP contribution is 2.06. The van der Waals surface area contributed by atoms with Crippen LogP contribution in [0.3, 0.4) is 0 Å². The Morgan fingerprint density at radius 3 is 2.13 bits per heavy atom. The van der Waals surface area contributed by atoms with Crippen LogP contribution in [-0.2, 0) is 0 Å². The summed E-state index contributed by atoms with van der Waals surface area (Å²) in [6.45, 7) is 13.9. The molecule has 0 aliphatic carbocycles. The molecule has 0 amide bonds. The van der Waals surface area contributed by atoms with E-state index in [2.05, 4.69) is 53.2 Å². The molecule has 82 valence electrons. The highest BCUT2D eigenvalue weighted by atomic mass is 15.0. The van der Waals surface area contributed by atoms with E-state index in [1.165, 1.54) is 5.57 Å². The van der Waals surface area contributed by atoms with Crippen LogP contribution in [0.1, 0.15) is 20.8 Å². The first-order chi connectivity index (χ1) is 6.92. The van der Waals surface area contributed by atoms with Gasteiger partial charge in [-0.2, -0.15) is 0 Å². The van der Waals surface area contributed by atoms with Crippen molar-refractivity contribution in [3.05, 3.63) is 48.7 Å². The van der Waals surface area contributed by atoms with E-state index in [0.717, 1.165) is 12.0 Å². The van der Waals surface area contributed by atoms with E-state index in [1.807, 2.05) is 18.2 Å². The number of rotatable bonds is 5. The summed E-state index contributed by atoms with van der Waals surface area (Å²) in [5, 5.41) is 3.37. The van der Waals surface area contributed by atoms with Crippen molar-refractivity contribution in [2.75, 3.05) is 0 Å². The van der Waals surface area contributed by atoms with Crippen LogP contribution in [0, 0.1) is 0 Å². The topological polar surface area (TPSA) is 12.0 Å². The molecule has 0 heterocycles. The molecule has 0 aliphatic heterocycles. The Hall–Kier alpha value is -1.18. The average Bonchev–Trinajstić information content (AvgIpc) is 2.15. The van der Waals surface area contributed by atoms with Crippen LogP contribution in [0.4, 0.5) is 0 Å². The van der Waals surface area contributed by atoms with Crippen LogP contribution in [0.5, 0.6) is 0 Å². The summed E-state index contributed by atoms with van der Waals surface area (Å²) in [6.07, 6.45) is 8.83. The SMILES string of the molecule is BC/C(C=C)=C/C=C(\C=C)NC(C)(C)C. The van der Waals surface area contributed by atoms with Gasteiger partial charge in [0.25, 0.3) is 0 Å². The number of allylic oxidation sites excluding steroid dienone is 5. The van der Waals surface area contributed by atoms with Crippen LogP contribution in [0.15, 0.2) is 48.7 Å². The summed E-state index contributed by atoms with van der Waals surface area (Å²) in [7, 11) is 2.12. The number of hydrogen-bond acceptors (Lipinski definition) is 1. The van der Waals surface area contributed by atoms with Gasteiger partial charge in [0.05, 0.1) is 0 Å². The molecule has 0 saturated heterocycles. The molecule has 0 aromatic carbocycles. The van der Waals surface area contributed by atoms with Gasteiger partial charge in [0.1, 0.15) is 7.85 Å². The van der Waals surface area contributed by atoms with E-state index >= 15 is 0 Å². The van der Waals surface area contributed by atoms with Gasteiger partial charge in [0.2, 0.25) is 0 Å². The Labute approximate surface area is 95.1 Å². The fourth-order valence-electron chi connectivity index (χ4n) is 1.12. The Morgan fingerprint density at radius 1 is 1.20 bits per heavy atom. The van der Waals surface area contributed by atoms with Crippen molar-refractivity contribution < 1.29 is 0 Å². The summed E-state index contributed by atoms with van der Waals surface area (Å²) in [4.78, 5) is 0. The van der Waals surface area contributed by atoms with Gasteiger partial charge in [0, 0.05) is 11.2 Å². The maximum absolute atomic E-state index is 3.79. The summed E-state index contributed by atoms with van der Waals surface area (Å²) in [5.74, 6) is 0. The minimum Gasteiger partial charge on any atom is -0.380 e. The zero-order chi connectivity index (χ0) is 11.9. The standard InChI is InChI=1S/C13H22BN/c1-6-11(10-14)8-9-12(7-2)15-13(3,4)5/h6-9,15H,1-2,10,14H2,3-5H3/b11-8+,12-9+. The second-order valence-electron chi connectivity index (χ2n) is 4.50. The smallest absolute Gasteiger partial charge is 0.107 e. The molecular weight excluding hydrogens is 181 g/mol. The van der Waals surface area contributed by atoms with Gasteiger partial charge in [-0.3, -0.25) is 0 Å². The summed E-state index contributed by atoms with van der Waals surface area (Å²) in [6, 6.07) is 0. The molecule has 2 heteroatoms. The summed E-state index contributed by atoms with van der Waals surface area (Å²) in [5.41, 5.74) is 2.33. The van der Waals surface area contributed by atoms with E-state index < -0.39 is 0 Å². The third kappa shape index (κ3) is 6.84. The first kappa shape index (κ1) is 13.8. The highest BCUT2D eigenvalue weighted by molar-refractivity contribution is 6.10. The van der Waals surface area contributed by atoms with Crippen molar-refractivity contribution in [1.82, 2.24) is 5.32 Å². The molecule has 0 bridgehead atoms. The predicted octanol–water partition coefficient (Wildman–Crippen LogP) is 2.61. The van der Waals surface area contributed by atoms with E-state index in [9.17, 15) is 0 Å². The van der Waals surface area contributed by atoms with Crippen molar-refractivity contribution in [3.63, 3.8) is 0 Å². The van der Waals surface area contributed by atoms with E-state index in [0.29, 0.717) is 0 Å². The molecule has 0 aromatic heterocycles. The lowest BCUT2D eigenvalue weighted by molar-refractivity contribution is 0.479. The van der Waals surface area contributed by atoms with Gasteiger partial charge in [0.15, 0.2) is 0 Å². The van der Waals surface area contributed by atoms with E-state index in [1.54, 1.807) is 0 Å². The lowest BCUT2D eigenvalue weighted by Gasteiger charge is -2.22. The first-order valence-corrected chi connectivity index (χ1v) is 5.37. The van der Waals surface area contributed by atoms with Crippen molar-refractivity contribution in [1.29, 1.82) is 0 Å². The quantitative estimate of drug-likeness (QED) is 0.535. The van der Waals surface area contributed by atoms with Crippen LogP contribution in [0.2, 0.25) is 6.32 Å². The normalized spacial score (nSPS) is 13.5. The second kappa shape index (κ2) is 6.33. The van der Waals surface area contributed by atoms with Crippen molar-refractivity contribution in [2.24, 2.45) is 0 Å². The number of nitrogens with one attached hydrogen (secondary N) is 1. The average molecular weight is 203 g/mol. The monoisotopic (exact) mass is 203 g/mol. The van der Waals surface area contributed by atoms with Gasteiger partial charge in [-0.15, -0.1) is 0 Å². The largest absolute Gasteiger partial charge is 0.380 e. The van der Waals surface area contributed by atoms with Crippen molar-refractivity contribution >= 4 is 7.85 Å². The van der Waals surface area contributed by atoms with Gasteiger partial charge in [-0.05, 0) is 32.9 Å². The van der Waals surface area contributed by atoms with Gasteiger partial charge in [-0.1, -0.05) is 37.2 Å². The van der Waals surface area contributed by atoms with Crippen LogP contribution >= 0.6 is 0 Å². The molecule has 0 saturated carbocycles. The molecule has 1 nitrogen and oxygen atoms in total. The second-order valence-corrected chi connectivity index (χ2v) is 4.50. The number of hydrogen-bond donors (Lipinski definition) is 1. The maximum atomic E-state index is 3.79. The molecule has 0 atom stereocenters. The zero-order valence-electron chi connectivity index (χ0n) is 10.4. The third-order valence-electron chi connectivity index (χ3n) is 1.89. The fourth-order valence-corrected chi connectivity index (χ4v) is 1.12. The Balaban J connectivity index is 4.67. The highest BCUT2D eigenvalue weighted by Gasteiger charge is 2.08. The zero-order valence-corrected chi connectivity index (χ0v) is 10.4. The van der Waals surface area contributed by atoms with Gasteiger partial charge < -0.3 is 5.32 Å². The third-order valence-corrected chi connectivity index (χ3v) is 1.89. The fraction of sp³-hybridized carbons (Fsp3) is 0.385. The summed E-state index contributed by atoms with van der Waals surface area (Å²) < 4.78 is 0. The van der Waals surface area contributed by atoms with Gasteiger partial charge >= 0.3 is 0 Å². The van der Waals surface area contributed by atoms with E-state index in [4.69, 9.17) is 0 Å². The molecule has 0 aromatic rings. The molecular formula is C13H22BN. The predicted molar refractivity (Wildman–Crippen MR) is 72.8 cm³/mol. The molecule has 0 rings (SSSR count). The Kier molecular flexibility index (Phi) is 5.84. The molecule has 15 heavy (non-hydrogen) atoms. The lowest BCUT2D eigenvalue weighted by Crippen LogP contribution is -2.34. The minimum atomic E-state index is 0.0639. The van der Waals surface area contributed by atoms with Crippen LogP contribution < -0.4 is 5.32 Å². The molecule has 0 fully saturated rings. The van der Waals surface area contributed by atoms with Gasteiger partial charge in [-0.25, -0.2) is 0 Å². The van der Waals surface area contributed by atoms with Crippen LogP contribution in [0.25, 0.3) is 0 Å². The Bertz CT molecular complexity index is 279. The van der Waals surface area contributed by atoms with Crippen LogP contribution in [-0.4, -0.2) is 13.4 Å². The molecule has 0 spiro atoms. The van der Waals surface area contributed by atoms with Crippen molar-refractivity contribution in [3.8, 4) is 0 Å². The molecule has 0 radical (unpaired) electrons. The minimum absolute atomic E-state index is 0.0639. The molecule has 0 unspecified atom stereocenters. The van der Waals surface area contributed by atoms with E-state index in [-0.39, 0.29) is 5.54 Å². The van der Waals surface area contributed by atoms with Crippen molar-refractivity contribution in [2.45, 2.75) is 32.6 Å². The Morgan fingerprint density at radius 2 is 1.80 bits per heavy atom. The molecule has 0 aliphatic rings. The maximum Gasteiger partial charge on any atom is 0.107 e. The first-order valence-electron chi connectivity index (χ1n) is 5.37. The molecule has 1 N–H and O–H groups in total. The lowest BCUT2D eigenvalue weighted by atomic mass is 9.96. The summed E-state index contributed by atoms with van der Waals surface area (Å²) >= 11 is 0.